The van der Waals surface area contributed by atoms with Gasteiger partial charge in [-0.25, -0.2) is 19.2 Å². The number of carbonyl (C=O) groups is 4. The molecule has 2 rings (SSSR count). The second-order valence-electron chi connectivity index (χ2n) is 5.41. The Morgan fingerprint density at radius 2 is 1.19 bits per heavy atom. The molecule has 11 heteroatoms. The van der Waals surface area contributed by atoms with Gasteiger partial charge in [0.15, 0.2) is 0 Å². The van der Waals surface area contributed by atoms with E-state index in [4.69, 9.17) is 23.7 Å². The molecule has 0 radical (unpaired) electrons. The molecule has 0 aromatic carbocycles. The Hall–Kier alpha value is -3.08. The number of esters is 2. The molecule has 0 fully saturated rings. The molecular formula is C16H20N2O9. The summed E-state index contributed by atoms with van der Waals surface area (Å²) in [6, 6.07) is 0. The van der Waals surface area contributed by atoms with Crippen LogP contribution in [0.15, 0.2) is 22.3 Å². The second kappa shape index (κ2) is 8.54. The number of rotatable bonds is 6. The summed E-state index contributed by atoms with van der Waals surface area (Å²) >= 11 is 0. The summed E-state index contributed by atoms with van der Waals surface area (Å²) in [6.07, 6.45) is -3.36. The van der Waals surface area contributed by atoms with Crippen LogP contribution >= 0.6 is 0 Å². The molecule has 2 N–H and O–H groups in total. The van der Waals surface area contributed by atoms with E-state index in [1.54, 1.807) is 0 Å². The molecule has 0 aromatic rings. The number of alkyl carbamates (subject to hydrolysis) is 2. The van der Waals surface area contributed by atoms with E-state index in [9.17, 15) is 19.2 Å². The maximum absolute atomic E-state index is 12.2. The summed E-state index contributed by atoms with van der Waals surface area (Å²) in [4.78, 5) is 47.2. The normalized spacial score (nSPS) is 20.3. The summed E-state index contributed by atoms with van der Waals surface area (Å²) in [5.74, 6) is -1.54. The van der Waals surface area contributed by atoms with Gasteiger partial charge in [-0.05, 0) is 0 Å². The highest BCUT2D eigenvalue weighted by molar-refractivity contribution is 6.04. The molecule has 0 saturated carbocycles. The first-order chi connectivity index (χ1) is 12.9. The van der Waals surface area contributed by atoms with Gasteiger partial charge in [0.2, 0.25) is 0 Å². The van der Waals surface area contributed by atoms with Gasteiger partial charge in [-0.2, -0.15) is 0 Å². The second-order valence-corrected chi connectivity index (χ2v) is 5.41. The van der Waals surface area contributed by atoms with Gasteiger partial charge in [0.05, 0.1) is 25.4 Å². The topological polar surface area (TPSA) is 138 Å². The number of fused-ring (bicyclic) bond motifs is 2. The lowest BCUT2D eigenvalue weighted by molar-refractivity contribution is -0.139. The molecule has 2 heterocycles. The molecule has 0 saturated heterocycles. The van der Waals surface area contributed by atoms with E-state index in [2.05, 4.69) is 10.6 Å². The van der Waals surface area contributed by atoms with Crippen LogP contribution in [0.4, 0.5) is 9.59 Å². The lowest BCUT2D eigenvalue weighted by atomic mass is 9.86. The summed E-state index contributed by atoms with van der Waals surface area (Å²) in [5, 5.41) is 4.58. The molecule has 2 aliphatic rings. The van der Waals surface area contributed by atoms with E-state index >= 15 is 0 Å². The van der Waals surface area contributed by atoms with E-state index in [1.165, 1.54) is 14.1 Å². The van der Waals surface area contributed by atoms with Gasteiger partial charge in [-0.3, -0.25) is 0 Å². The van der Waals surface area contributed by atoms with E-state index in [0.29, 0.717) is 11.1 Å². The standard InChI is InChI=1S/C16H20N2O9/c1-17-15(21)25-5-7-8(6-26-16(22)18-2)12-10(14(20)24-4)9(11(7)27-12)13(19)23-3/h11-12H,5-6H2,1-4H3,(H,17,21)(H,18,22)/t11-,12-/m0/s1. The quantitative estimate of drug-likeness (QED) is 0.350. The minimum absolute atomic E-state index is 0.0338. The highest BCUT2D eigenvalue weighted by atomic mass is 16.6. The maximum atomic E-state index is 12.2. The molecular weight excluding hydrogens is 364 g/mol. The van der Waals surface area contributed by atoms with Crippen LogP contribution < -0.4 is 10.6 Å². The number of ether oxygens (including phenoxy) is 5. The van der Waals surface area contributed by atoms with Crippen molar-refractivity contribution in [2.24, 2.45) is 0 Å². The van der Waals surface area contributed by atoms with Gasteiger partial charge in [-0.1, -0.05) is 0 Å². The first-order valence-corrected chi connectivity index (χ1v) is 7.86. The van der Waals surface area contributed by atoms with Crippen LogP contribution in [0.3, 0.4) is 0 Å². The smallest absolute Gasteiger partial charge is 0.407 e. The van der Waals surface area contributed by atoms with Crippen LogP contribution in [-0.4, -0.2) is 77.9 Å². The first kappa shape index (κ1) is 20.2. The van der Waals surface area contributed by atoms with E-state index in [1.807, 2.05) is 0 Å². The summed E-state index contributed by atoms with van der Waals surface area (Å²) in [6.45, 7) is -0.468. The Kier molecular flexibility index (Phi) is 6.40. The Labute approximate surface area is 154 Å². The van der Waals surface area contributed by atoms with Crippen molar-refractivity contribution < 1.29 is 42.9 Å². The molecule has 2 aliphatic heterocycles. The van der Waals surface area contributed by atoms with Crippen molar-refractivity contribution >= 4 is 24.1 Å². The molecule has 2 amide bonds. The molecule has 0 spiro atoms. The van der Waals surface area contributed by atoms with Gasteiger partial charge in [0, 0.05) is 25.2 Å². The van der Waals surface area contributed by atoms with Gasteiger partial charge in [0.1, 0.15) is 25.4 Å². The van der Waals surface area contributed by atoms with Crippen LogP contribution in [0.2, 0.25) is 0 Å². The number of hydrogen-bond acceptors (Lipinski definition) is 9. The lowest BCUT2D eigenvalue weighted by Crippen LogP contribution is -2.31. The predicted octanol–water partition coefficient (Wildman–Crippen LogP) is -0.581. The number of hydrogen-bond donors (Lipinski definition) is 2. The molecule has 0 aromatic heterocycles. The van der Waals surface area contributed by atoms with Crippen molar-refractivity contribution in [3.8, 4) is 0 Å². The monoisotopic (exact) mass is 384 g/mol. The van der Waals surface area contributed by atoms with E-state index in [0.717, 1.165) is 14.2 Å². The number of nitrogens with one attached hydrogen (secondary N) is 2. The largest absolute Gasteiger partial charge is 0.466 e. The van der Waals surface area contributed by atoms with E-state index < -0.39 is 36.3 Å². The maximum Gasteiger partial charge on any atom is 0.407 e. The third-order valence-electron chi connectivity index (χ3n) is 4.07. The predicted molar refractivity (Wildman–Crippen MR) is 87.6 cm³/mol. The molecule has 11 nitrogen and oxygen atoms in total. The zero-order chi connectivity index (χ0) is 20.1. The Balaban J connectivity index is 2.40. The highest BCUT2D eigenvalue weighted by Crippen LogP contribution is 2.44. The van der Waals surface area contributed by atoms with Crippen LogP contribution in [0.1, 0.15) is 0 Å². The highest BCUT2D eigenvalue weighted by Gasteiger charge is 2.52. The van der Waals surface area contributed by atoms with Crippen LogP contribution in [0, 0.1) is 0 Å². The summed E-state index contributed by atoms with van der Waals surface area (Å²) < 4.78 is 25.3. The van der Waals surface area contributed by atoms with E-state index in [-0.39, 0.29) is 24.4 Å². The first-order valence-electron chi connectivity index (χ1n) is 7.86. The third-order valence-corrected chi connectivity index (χ3v) is 4.07. The zero-order valence-electron chi connectivity index (χ0n) is 15.2. The summed E-state index contributed by atoms with van der Waals surface area (Å²) in [5.41, 5.74) is 0.711. The molecule has 0 aliphatic carbocycles. The van der Waals surface area contributed by atoms with Crippen molar-refractivity contribution in [3.63, 3.8) is 0 Å². The molecule has 148 valence electrons. The van der Waals surface area contributed by atoms with Gasteiger partial charge in [0.25, 0.3) is 0 Å². The van der Waals surface area contributed by atoms with Gasteiger partial charge in [-0.15, -0.1) is 0 Å². The molecule has 0 unspecified atom stereocenters. The van der Waals surface area contributed by atoms with Crippen molar-refractivity contribution in [3.05, 3.63) is 22.3 Å². The number of carbonyl (C=O) groups excluding carboxylic acids is 4. The van der Waals surface area contributed by atoms with Crippen LogP contribution in [0.5, 0.6) is 0 Å². The fourth-order valence-corrected chi connectivity index (χ4v) is 2.83. The van der Waals surface area contributed by atoms with Crippen LogP contribution in [-0.2, 0) is 33.3 Å². The third kappa shape index (κ3) is 3.87. The van der Waals surface area contributed by atoms with Crippen molar-refractivity contribution in [2.45, 2.75) is 12.2 Å². The Bertz CT molecular complexity index is 667. The Morgan fingerprint density at radius 3 is 1.48 bits per heavy atom. The molecule has 27 heavy (non-hydrogen) atoms. The number of amides is 2. The molecule has 2 bridgehead atoms. The lowest BCUT2D eigenvalue weighted by Gasteiger charge is -2.20. The Morgan fingerprint density at radius 1 is 0.815 bits per heavy atom. The minimum atomic E-state index is -0.982. The van der Waals surface area contributed by atoms with Gasteiger partial charge < -0.3 is 34.3 Å². The minimum Gasteiger partial charge on any atom is -0.466 e. The zero-order valence-corrected chi connectivity index (χ0v) is 15.2. The van der Waals surface area contributed by atoms with Crippen molar-refractivity contribution in [1.82, 2.24) is 10.6 Å². The fraction of sp³-hybridized carbons (Fsp3) is 0.500. The van der Waals surface area contributed by atoms with Crippen LogP contribution in [0.25, 0.3) is 0 Å². The number of methoxy groups -OCH3 is 2. The van der Waals surface area contributed by atoms with Crippen molar-refractivity contribution in [1.29, 1.82) is 0 Å². The fourth-order valence-electron chi connectivity index (χ4n) is 2.83. The average molecular weight is 384 g/mol. The average Bonchev–Trinajstić information content (AvgIpc) is 3.24. The molecule has 2 atom stereocenters. The summed E-state index contributed by atoms with van der Waals surface area (Å²) in [7, 11) is 5.10. The SMILES string of the molecule is CNC(=O)OCC1=C(COC(=O)NC)[C@@H]2O[C@@H]1C(C(=O)OC)=C2C(=O)OC. The van der Waals surface area contributed by atoms with Crippen molar-refractivity contribution in [2.75, 3.05) is 41.5 Å². The van der Waals surface area contributed by atoms with Gasteiger partial charge >= 0.3 is 24.1 Å².